The lowest BCUT2D eigenvalue weighted by Gasteiger charge is -2.40. The molecule has 1 heterocycles. The van der Waals surface area contributed by atoms with Crippen LogP contribution in [0.15, 0.2) is 0 Å². The molecular formula is C9H15BrO. The van der Waals surface area contributed by atoms with Gasteiger partial charge in [0.05, 0.1) is 6.61 Å². The highest BCUT2D eigenvalue weighted by Gasteiger charge is 2.43. The summed E-state index contributed by atoms with van der Waals surface area (Å²) in [7, 11) is 0. The Morgan fingerprint density at radius 2 is 2.27 bits per heavy atom. The molecule has 1 atom stereocenters. The zero-order chi connectivity index (χ0) is 7.73. The number of hydrogen-bond donors (Lipinski definition) is 0. The zero-order valence-corrected chi connectivity index (χ0v) is 8.40. The molecule has 1 nitrogen and oxygen atoms in total. The van der Waals surface area contributed by atoms with Gasteiger partial charge in [-0.2, -0.15) is 0 Å². The molecule has 0 aromatic rings. The van der Waals surface area contributed by atoms with E-state index in [-0.39, 0.29) is 0 Å². The van der Waals surface area contributed by atoms with E-state index >= 15 is 0 Å². The lowest BCUT2D eigenvalue weighted by atomic mass is 9.66. The van der Waals surface area contributed by atoms with Gasteiger partial charge in [0.15, 0.2) is 0 Å². The number of alkyl halides is 1. The molecule has 0 amide bonds. The maximum atomic E-state index is 5.48. The Morgan fingerprint density at radius 3 is 2.64 bits per heavy atom. The van der Waals surface area contributed by atoms with Gasteiger partial charge in [-0.3, -0.25) is 0 Å². The second-order valence-electron chi connectivity index (χ2n) is 3.93. The van der Waals surface area contributed by atoms with Crippen molar-refractivity contribution in [2.75, 3.05) is 18.5 Å². The third-order valence-electron chi connectivity index (χ3n) is 3.37. The summed E-state index contributed by atoms with van der Waals surface area (Å²) in [6, 6.07) is 0. The molecule has 1 unspecified atom stereocenters. The van der Waals surface area contributed by atoms with E-state index in [0.29, 0.717) is 5.41 Å². The molecule has 2 heteroatoms. The van der Waals surface area contributed by atoms with Crippen LogP contribution in [0, 0.1) is 11.3 Å². The minimum atomic E-state index is 0.526. The molecule has 2 aliphatic rings. The lowest BCUT2D eigenvalue weighted by molar-refractivity contribution is 0.0806. The maximum Gasteiger partial charge on any atom is 0.0533 e. The van der Waals surface area contributed by atoms with Crippen molar-refractivity contribution in [1.29, 1.82) is 0 Å². The van der Waals surface area contributed by atoms with Crippen molar-refractivity contribution in [3.63, 3.8) is 0 Å². The third-order valence-corrected chi connectivity index (χ3v) is 4.49. The van der Waals surface area contributed by atoms with Gasteiger partial charge in [0, 0.05) is 17.4 Å². The highest BCUT2D eigenvalue weighted by atomic mass is 79.9. The predicted octanol–water partition coefficient (Wildman–Crippen LogP) is 2.59. The fourth-order valence-electron chi connectivity index (χ4n) is 2.18. The second-order valence-corrected chi connectivity index (χ2v) is 4.49. The van der Waals surface area contributed by atoms with Crippen molar-refractivity contribution in [3.05, 3.63) is 0 Å². The summed E-state index contributed by atoms with van der Waals surface area (Å²) in [4.78, 5) is 0. The fourth-order valence-corrected chi connectivity index (χ4v) is 3.08. The van der Waals surface area contributed by atoms with Crippen LogP contribution in [-0.2, 0) is 4.74 Å². The second kappa shape index (κ2) is 3.06. The van der Waals surface area contributed by atoms with Crippen molar-refractivity contribution >= 4 is 15.9 Å². The minimum Gasteiger partial charge on any atom is -0.381 e. The Bertz CT molecular complexity index is 136. The predicted molar refractivity (Wildman–Crippen MR) is 49.0 cm³/mol. The molecule has 0 aromatic carbocycles. The molecule has 11 heavy (non-hydrogen) atoms. The summed E-state index contributed by atoms with van der Waals surface area (Å²) in [6.45, 7) is 1.99. The molecule has 64 valence electrons. The molecule has 0 bridgehead atoms. The van der Waals surface area contributed by atoms with Gasteiger partial charge in [-0.05, 0) is 25.2 Å². The van der Waals surface area contributed by atoms with E-state index in [1.807, 2.05) is 0 Å². The summed E-state index contributed by atoms with van der Waals surface area (Å²) >= 11 is 3.63. The van der Waals surface area contributed by atoms with E-state index in [2.05, 4.69) is 15.9 Å². The summed E-state index contributed by atoms with van der Waals surface area (Å²) < 4.78 is 5.48. The molecule has 1 aliphatic carbocycles. The molecular weight excluding hydrogens is 204 g/mol. The van der Waals surface area contributed by atoms with Gasteiger partial charge in [0.2, 0.25) is 0 Å². The van der Waals surface area contributed by atoms with Crippen molar-refractivity contribution in [2.45, 2.75) is 25.7 Å². The summed E-state index contributed by atoms with van der Waals surface area (Å²) in [5.74, 6) is 0.962. The van der Waals surface area contributed by atoms with Gasteiger partial charge in [-0.25, -0.2) is 0 Å². The average Bonchev–Trinajstić information content (AvgIpc) is 2.34. The van der Waals surface area contributed by atoms with E-state index in [1.54, 1.807) is 0 Å². The topological polar surface area (TPSA) is 9.23 Å². The average molecular weight is 219 g/mol. The molecule has 2 fully saturated rings. The fraction of sp³-hybridized carbons (Fsp3) is 1.00. The van der Waals surface area contributed by atoms with E-state index in [1.165, 1.54) is 25.7 Å². The Balaban J connectivity index is 2.02. The first-order valence-corrected chi connectivity index (χ1v) is 5.63. The largest absolute Gasteiger partial charge is 0.381 e. The van der Waals surface area contributed by atoms with Crippen molar-refractivity contribution in [2.24, 2.45) is 11.3 Å². The summed E-state index contributed by atoms with van der Waals surface area (Å²) in [5, 5.41) is 1.14. The molecule has 1 aliphatic heterocycles. The zero-order valence-electron chi connectivity index (χ0n) is 6.81. The van der Waals surface area contributed by atoms with Gasteiger partial charge >= 0.3 is 0 Å². The van der Waals surface area contributed by atoms with Crippen LogP contribution >= 0.6 is 15.9 Å². The number of hydrogen-bond acceptors (Lipinski definition) is 1. The van der Waals surface area contributed by atoms with Crippen LogP contribution in [0.5, 0.6) is 0 Å². The highest BCUT2D eigenvalue weighted by Crippen LogP contribution is 2.47. The summed E-state index contributed by atoms with van der Waals surface area (Å²) in [6.07, 6.45) is 5.60. The van der Waals surface area contributed by atoms with Gasteiger partial charge in [0.25, 0.3) is 0 Å². The van der Waals surface area contributed by atoms with Crippen molar-refractivity contribution in [1.82, 2.24) is 0 Å². The molecule has 1 saturated carbocycles. The van der Waals surface area contributed by atoms with Crippen LogP contribution in [0.3, 0.4) is 0 Å². The smallest absolute Gasteiger partial charge is 0.0533 e. The van der Waals surface area contributed by atoms with Gasteiger partial charge < -0.3 is 4.74 Å². The van der Waals surface area contributed by atoms with Gasteiger partial charge in [-0.1, -0.05) is 22.4 Å². The number of halogens is 1. The number of ether oxygens (including phenoxy) is 1. The molecule has 0 N–H and O–H groups in total. The van der Waals surface area contributed by atoms with Gasteiger partial charge in [-0.15, -0.1) is 0 Å². The van der Waals surface area contributed by atoms with Crippen LogP contribution in [0.2, 0.25) is 0 Å². The standard InChI is InChI=1S/C9H15BrO/c10-6-9(4-5-11-7-9)8-2-1-3-8/h8H,1-7H2. The monoisotopic (exact) mass is 218 g/mol. The first kappa shape index (κ1) is 8.06. The minimum absolute atomic E-state index is 0.526. The first-order valence-electron chi connectivity index (χ1n) is 4.51. The van der Waals surface area contributed by atoms with E-state index < -0.39 is 0 Å². The Kier molecular flexibility index (Phi) is 2.24. The normalized spacial score (nSPS) is 39.0. The highest BCUT2D eigenvalue weighted by molar-refractivity contribution is 9.09. The molecule has 2 rings (SSSR count). The SMILES string of the molecule is BrCC1(C2CCC2)CCOC1. The Morgan fingerprint density at radius 1 is 1.45 bits per heavy atom. The Hall–Kier alpha value is 0.440. The third kappa shape index (κ3) is 1.25. The van der Waals surface area contributed by atoms with Crippen molar-refractivity contribution < 1.29 is 4.74 Å². The summed E-state index contributed by atoms with van der Waals surface area (Å²) in [5.41, 5.74) is 0.526. The molecule has 0 aromatic heterocycles. The maximum absolute atomic E-state index is 5.48. The molecule has 0 spiro atoms. The van der Waals surface area contributed by atoms with Gasteiger partial charge in [0.1, 0.15) is 0 Å². The van der Waals surface area contributed by atoms with E-state index in [4.69, 9.17) is 4.74 Å². The molecule has 1 saturated heterocycles. The van der Waals surface area contributed by atoms with Crippen molar-refractivity contribution in [3.8, 4) is 0 Å². The van der Waals surface area contributed by atoms with Crippen LogP contribution in [0.1, 0.15) is 25.7 Å². The van der Waals surface area contributed by atoms with E-state index in [9.17, 15) is 0 Å². The first-order chi connectivity index (χ1) is 5.37. The van der Waals surface area contributed by atoms with E-state index in [0.717, 1.165) is 24.5 Å². The Labute approximate surface area is 76.6 Å². The van der Waals surface area contributed by atoms with Crippen LogP contribution in [0.4, 0.5) is 0 Å². The molecule has 0 radical (unpaired) electrons. The van der Waals surface area contributed by atoms with Crippen LogP contribution in [0.25, 0.3) is 0 Å². The van der Waals surface area contributed by atoms with Crippen LogP contribution < -0.4 is 0 Å². The van der Waals surface area contributed by atoms with Crippen LogP contribution in [-0.4, -0.2) is 18.5 Å². The lowest BCUT2D eigenvalue weighted by Crippen LogP contribution is -2.37. The number of rotatable bonds is 2. The quantitative estimate of drug-likeness (QED) is 0.648.